The molecule has 0 spiro atoms. The normalized spacial score (nSPS) is 18.6. The van der Waals surface area contributed by atoms with Crippen LogP contribution in [0, 0.1) is 5.92 Å². The maximum absolute atomic E-state index is 5.67. The minimum atomic E-state index is 0.309. The fourth-order valence-electron chi connectivity index (χ4n) is 2.30. The van der Waals surface area contributed by atoms with Crippen molar-refractivity contribution in [2.24, 2.45) is 11.7 Å². The van der Waals surface area contributed by atoms with Crippen LogP contribution in [0.25, 0.3) is 0 Å². The summed E-state index contributed by atoms with van der Waals surface area (Å²) in [7, 11) is 0. The minimum absolute atomic E-state index is 0.309. The molecule has 0 aliphatic carbocycles. The predicted octanol–water partition coefficient (Wildman–Crippen LogP) is 1.73. The zero-order valence-electron chi connectivity index (χ0n) is 10.9. The summed E-state index contributed by atoms with van der Waals surface area (Å²) in [5.41, 5.74) is 6.98. The van der Waals surface area contributed by atoms with Crippen LogP contribution in [0.3, 0.4) is 0 Å². The molecule has 0 aromatic heterocycles. The Morgan fingerprint density at radius 3 is 2.39 bits per heavy atom. The molecule has 0 radical (unpaired) electrons. The van der Waals surface area contributed by atoms with Crippen LogP contribution in [-0.4, -0.2) is 42.6 Å². The van der Waals surface area contributed by atoms with Crippen LogP contribution in [0.5, 0.6) is 0 Å². The van der Waals surface area contributed by atoms with Crippen molar-refractivity contribution in [2.75, 3.05) is 37.6 Å². The number of hydrogen-bond donors (Lipinski definition) is 1. The van der Waals surface area contributed by atoms with Gasteiger partial charge in [-0.05, 0) is 12.1 Å². The van der Waals surface area contributed by atoms with Gasteiger partial charge in [-0.3, -0.25) is 4.90 Å². The Balaban J connectivity index is 1.83. The number of rotatable bonds is 4. The van der Waals surface area contributed by atoms with E-state index in [0.29, 0.717) is 10.9 Å². The second-order valence-corrected chi connectivity index (χ2v) is 5.40. The first-order valence-corrected chi connectivity index (χ1v) is 6.89. The molecule has 1 heterocycles. The first-order valence-electron chi connectivity index (χ1n) is 6.48. The molecule has 4 heteroatoms. The molecule has 1 aliphatic rings. The molecule has 2 N–H and O–H groups in total. The number of piperazine rings is 1. The average molecular weight is 263 g/mol. The Kier molecular flexibility index (Phi) is 4.55. The molecule has 0 bridgehead atoms. The highest BCUT2D eigenvalue weighted by Gasteiger charge is 2.19. The molecule has 98 valence electrons. The summed E-state index contributed by atoms with van der Waals surface area (Å²) in [6, 6.07) is 10.6. The van der Waals surface area contributed by atoms with E-state index >= 15 is 0 Å². The first kappa shape index (κ1) is 13.3. The van der Waals surface area contributed by atoms with Crippen LogP contribution in [-0.2, 0) is 0 Å². The summed E-state index contributed by atoms with van der Waals surface area (Å²) in [6.45, 7) is 7.41. The fraction of sp³-hybridized carbons (Fsp3) is 0.500. The van der Waals surface area contributed by atoms with E-state index in [1.165, 1.54) is 5.69 Å². The molecule has 1 unspecified atom stereocenters. The number of thiocarbonyl (C=S) groups is 1. The molecule has 2 rings (SSSR count). The fourth-order valence-corrected chi connectivity index (χ4v) is 2.38. The smallest absolute Gasteiger partial charge is 0.0768 e. The number of benzene rings is 1. The van der Waals surface area contributed by atoms with Gasteiger partial charge < -0.3 is 10.6 Å². The maximum atomic E-state index is 5.67. The molecule has 1 aromatic rings. The van der Waals surface area contributed by atoms with Crippen LogP contribution in [0.1, 0.15) is 6.92 Å². The van der Waals surface area contributed by atoms with E-state index < -0.39 is 0 Å². The molecule has 1 aliphatic heterocycles. The molecular weight excluding hydrogens is 242 g/mol. The third kappa shape index (κ3) is 3.43. The van der Waals surface area contributed by atoms with Crippen LogP contribution in [0.15, 0.2) is 30.3 Å². The Morgan fingerprint density at radius 2 is 1.83 bits per heavy atom. The highest BCUT2D eigenvalue weighted by Crippen LogP contribution is 2.16. The summed E-state index contributed by atoms with van der Waals surface area (Å²) in [5, 5.41) is 0. The lowest BCUT2D eigenvalue weighted by atomic mass is 10.1. The molecule has 1 fully saturated rings. The lowest BCUT2D eigenvalue weighted by molar-refractivity contribution is 0.244. The Labute approximate surface area is 115 Å². The van der Waals surface area contributed by atoms with E-state index in [1.54, 1.807) is 0 Å². The summed E-state index contributed by atoms with van der Waals surface area (Å²) in [6.07, 6.45) is 0. The third-order valence-corrected chi connectivity index (χ3v) is 3.91. The van der Waals surface area contributed by atoms with E-state index in [9.17, 15) is 0 Å². The Bertz CT molecular complexity index is 385. The van der Waals surface area contributed by atoms with Gasteiger partial charge in [-0.1, -0.05) is 37.3 Å². The average Bonchev–Trinajstić information content (AvgIpc) is 2.40. The predicted molar refractivity (Wildman–Crippen MR) is 81.0 cm³/mol. The second kappa shape index (κ2) is 6.16. The van der Waals surface area contributed by atoms with E-state index in [0.717, 1.165) is 32.7 Å². The molecule has 1 atom stereocenters. The molecule has 1 aromatic carbocycles. The van der Waals surface area contributed by atoms with Crippen LogP contribution < -0.4 is 10.6 Å². The third-order valence-electron chi connectivity index (χ3n) is 3.51. The number of hydrogen-bond acceptors (Lipinski definition) is 3. The van der Waals surface area contributed by atoms with Crippen molar-refractivity contribution in [2.45, 2.75) is 6.92 Å². The number of nitrogens with two attached hydrogens (primary N) is 1. The monoisotopic (exact) mass is 263 g/mol. The van der Waals surface area contributed by atoms with E-state index in [4.69, 9.17) is 18.0 Å². The Hall–Kier alpha value is -1.13. The summed E-state index contributed by atoms with van der Waals surface area (Å²) >= 11 is 5.03. The lowest BCUT2D eigenvalue weighted by Gasteiger charge is -2.37. The summed E-state index contributed by atoms with van der Waals surface area (Å²) in [4.78, 5) is 5.51. The quantitative estimate of drug-likeness (QED) is 0.839. The Morgan fingerprint density at radius 1 is 1.22 bits per heavy atom. The van der Waals surface area contributed by atoms with Gasteiger partial charge in [0.05, 0.1) is 4.99 Å². The van der Waals surface area contributed by atoms with Gasteiger partial charge in [-0.2, -0.15) is 0 Å². The largest absolute Gasteiger partial charge is 0.393 e. The highest BCUT2D eigenvalue weighted by molar-refractivity contribution is 7.80. The first-order chi connectivity index (χ1) is 8.66. The van der Waals surface area contributed by atoms with Gasteiger partial charge >= 0.3 is 0 Å². The second-order valence-electron chi connectivity index (χ2n) is 4.93. The van der Waals surface area contributed by atoms with Crippen LogP contribution in [0.4, 0.5) is 5.69 Å². The van der Waals surface area contributed by atoms with Gasteiger partial charge in [-0.25, -0.2) is 0 Å². The highest BCUT2D eigenvalue weighted by atomic mass is 32.1. The minimum Gasteiger partial charge on any atom is -0.393 e. The lowest BCUT2D eigenvalue weighted by Crippen LogP contribution is -2.48. The number of anilines is 1. The van der Waals surface area contributed by atoms with Crippen molar-refractivity contribution in [1.82, 2.24) is 4.90 Å². The van der Waals surface area contributed by atoms with Gasteiger partial charge in [0, 0.05) is 44.3 Å². The van der Waals surface area contributed by atoms with Crippen molar-refractivity contribution >= 4 is 22.9 Å². The molecular formula is C14H21N3S. The summed E-state index contributed by atoms with van der Waals surface area (Å²) < 4.78 is 0. The molecule has 18 heavy (non-hydrogen) atoms. The topological polar surface area (TPSA) is 32.5 Å². The van der Waals surface area contributed by atoms with Crippen molar-refractivity contribution in [3.8, 4) is 0 Å². The van der Waals surface area contributed by atoms with Gasteiger partial charge in [0.15, 0.2) is 0 Å². The SMILES string of the molecule is CC(CN1CCN(c2ccccc2)CC1)C(N)=S. The summed E-state index contributed by atoms with van der Waals surface area (Å²) in [5.74, 6) is 0.309. The van der Waals surface area contributed by atoms with Crippen molar-refractivity contribution in [1.29, 1.82) is 0 Å². The maximum Gasteiger partial charge on any atom is 0.0768 e. The van der Waals surface area contributed by atoms with Crippen molar-refractivity contribution in [3.05, 3.63) is 30.3 Å². The van der Waals surface area contributed by atoms with Gasteiger partial charge in [0.25, 0.3) is 0 Å². The van der Waals surface area contributed by atoms with Crippen LogP contribution in [0.2, 0.25) is 0 Å². The van der Waals surface area contributed by atoms with Crippen LogP contribution >= 0.6 is 12.2 Å². The standard InChI is InChI=1S/C14H21N3S/c1-12(14(15)18)11-16-7-9-17(10-8-16)13-5-3-2-4-6-13/h2-6,12H,7-11H2,1H3,(H2,15,18). The molecule has 0 saturated carbocycles. The molecule has 1 saturated heterocycles. The van der Waals surface area contributed by atoms with E-state index in [1.807, 2.05) is 0 Å². The molecule has 0 amide bonds. The zero-order chi connectivity index (χ0) is 13.0. The van der Waals surface area contributed by atoms with E-state index in [-0.39, 0.29) is 0 Å². The van der Waals surface area contributed by atoms with Gasteiger partial charge in [0.1, 0.15) is 0 Å². The van der Waals surface area contributed by atoms with Crippen molar-refractivity contribution < 1.29 is 0 Å². The zero-order valence-corrected chi connectivity index (χ0v) is 11.7. The molecule has 3 nitrogen and oxygen atoms in total. The number of nitrogens with zero attached hydrogens (tertiary/aromatic N) is 2. The number of para-hydroxylation sites is 1. The van der Waals surface area contributed by atoms with E-state index in [2.05, 4.69) is 47.1 Å². The van der Waals surface area contributed by atoms with Crippen molar-refractivity contribution in [3.63, 3.8) is 0 Å². The van der Waals surface area contributed by atoms with Gasteiger partial charge in [-0.15, -0.1) is 0 Å². The van der Waals surface area contributed by atoms with Gasteiger partial charge in [0.2, 0.25) is 0 Å².